The molecule has 1 spiro atoms. The number of carbonyl (C=O) groups excluding carboxylic acids is 1. The van der Waals surface area contributed by atoms with Gasteiger partial charge < -0.3 is 34.3 Å². The van der Waals surface area contributed by atoms with E-state index in [1.807, 2.05) is 47.9 Å². The van der Waals surface area contributed by atoms with Crippen LogP contribution in [0.15, 0.2) is 61.1 Å². The van der Waals surface area contributed by atoms with Gasteiger partial charge in [-0.3, -0.25) is 9.78 Å². The van der Waals surface area contributed by atoms with Crippen LogP contribution in [0.5, 0.6) is 5.75 Å². The maximum atomic E-state index is 13.6. The molecular formula is C32H34F3N5O6. The number of alkyl halides is 3. The molecule has 1 amide bonds. The van der Waals surface area contributed by atoms with Gasteiger partial charge in [0.15, 0.2) is 0 Å². The number of carboxylic acid groups (broad SMARTS) is 1. The van der Waals surface area contributed by atoms with Crippen LogP contribution in [-0.4, -0.2) is 86.5 Å². The number of carboxylic acids is 1. The predicted molar refractivity (Wildman–Crippen MR) is 160 cm³/mol. The molecule has 0 unspecified atom stereocenters. The summed E-state index contributed by atoms with van der Waals surface area (Å²) < 4.78 is 44.8. The lowest BCUT2D eigenvalue weighted by Gasteiger charge is -2.48. The first-order chi connectivity index (χ1) is 21.9. The summed E-state index contributed by atoms with van der Waals surface area (Å²) in [5, 5.41) is 22.0. The van der Waals surface area contributed by atoms with Crippen molar-refractivity contribution >= 4 is 17.5 Å². The second-order valence-corrected chi connectivity index (χ2v) is 11.2. The Hall–Kier alpha value is -4.53. The number of piperidine rings is 1. The van der Waals surface area contributed by atoms with Crippen molar-refractivity contribution in [2.75, 3.05) is 27.3 Å². The van der Waals surface area contributed by atoms with Crippen LogP contribution >= 0.6 is 0 Å². The molecule has 3 aromatic heterocycles. The zero-order valence-corrected chi connectivity index (χ0v) is 25.4. The molecule has 244 valence electrons. The van der Waals surface area contributed by atoms with E-state index < -0.39 is 23.8 Å². The Kier molecular flexibility index (Phi) is 9.33. The maximum absolute atomic E-state index is 13.6. The average Bonchev–Trinajstić information content (AvgIpc) is 3.49. The predicted octanol–water partition coefficient (Wildman–Crippen LogP) is 4.04. The van der Waals surface area contributed by atoms with Gasteiger partial charge in [-0.05, 0) is 49.1 Å². The third-order valence-electron chi connectivity index (χ3n) is 8.50. The highest BCUT2D eigenvalue weighted by atomic mass is 19.4. The van der Waals surface area contributed by atoms with Gasteiger partial charge in [0.2, 0.25) is 0 Å². The first-order valence-corrected chi connectivity index (χ1v) is 14.5. The number of benzene rings is 1. The summed E-state index contributed by atoms with van der Waals surface area (Å²) in [5.41, 5.74) is 5.43. The lowest BCUT2D eigenvalue weighted by atomic mass is 9.76. The Morgan fingerprint density at radius 1 is 1.13 bits per heavy atom. The summed E-state index contributed by atoms with van der Waals surface area (Å²) >= 11 is 0. The van der Waals surface area contributed by atoms with E-state index >= 15 is 0 Å². The molecule has 3 N–H and O–H groups in total. The Morgan fingerprint density at radius 3 is 2.50 bits per heavy atom. The number of pyridine rings is 2. The zero-order chi connectivity index (χ0) is 33.2. The van der Waals surface area contributed by atoms with E-state index in [9.17, 15) is 23.1 Å². The molecular weight excluding hydrogens is 607 g/mol. The van der Waals surface area contributed by atoms with Crippen molar-refractivity contribution in [1.82, 2.24) is 24.6 Å². The second kappa shape index (κ2) is 13.1. The molecule has 2 aliphatic rings. The number of aliphatic carboxylic acids is 1. The van der Waals surface area contributed by atoms with Crippen LogP contribution in [0.1, 0.15) is 46.6 Å². The molecule has 2 aliphatic heterocycles. The van der Waals surface area contributed by atoms with E-state index in [4.69, 9.17) is 24.4 Å². The van der Waals surface area contributed by atoms with Crippen molar-refractivity contribution in [3.05, 3.63) is 83.4 Å². The summed E-state index contributed by atoms with van der Waals surface area (Å²) in [7, 11) is 3.26. The standard InChI is InChI=1S/C30H33N5O4.C2HF3O2/c1-19(38-2)23-13-22(27-25(39-3)9-6-11-31-27)16-35-17-24(33-28(23)35)29(37)34-12-10-30(26(36)18-34)14-20-7-4-5-8-21(20)15-32-30;3-2(4,5)1(6)7/h4-9,11,13,16-17,19,26,32,36H,10,12,14-15,18H2,1-3H3;(H,6,7)/t19-,26-,30+;/m1./s1. The number of β-amino-alcohol motifs (C(OH)–C–C–N with tert-alkyl or cyclic N) is 1. The number of rotatable bonds is 5. The minimum Gasteiger partial charge on any atom is -0.494 e. The second-order valence-electron chi connectivity index (χ2n) is 11.2. The highest BCUT2D eigenvalue weighted by molar-refractivity contribution is 5.93. The van der Waals surface area contributed by atoms with E-state index in [-0.39, 0.29) is 18.6 Å². The quantitative estimate of drug-likeness (QED) is 0.295. The van der Waals surface area contributed by atoms with Crippen molar-refractivity contribution < 1.29 is 42.4 Å². The first-order valence-electron chi connectivity index (χ1n) is 14.5. The minimum absolute atomic E-state index is 0.197. The number of fused-ring (bicyclic) bond motifs is 2. The highest BCUT2D eigenvalue weighted by Crippen LogP contribution is 2.34. The molecule has 46 heavy (non-hydrogen) atoms. The number of nitrogens with zero attached hydrogens (tertiary/aromatic N) is 4. The van der Waals surface area contributed by atoms with E-state index in [0.29, 0.717) is 35.8 Å². The third-order valence-corrected chi connectivity index (χ3v) is 8.50. The Labute approximate surface area is 262 Å². The largest absolute Gasteiger partial charge is 0.494 e. The van der Waals surface area contributed by atoms with Crippen LogP contribution in [0.2, 0.25) is 0 Å². The number of halogens is 3. The fourth-order valence-electron chi connectivity index (χ4n) is 5.87. The number of aliphatic hydroxyl groups excluding tert-OH is 1. The topological polar surface area (TPSA) is 139 Å². The number of methoxy groups -OCH3 is 2. The molecule has 3 atom stereocenters. The van der Waals surface area contributed by atoms with Crippen LogP contribution in [-0.2, 0) is 22.5 Å². The number of amides is 1. The average molecular weight is 642 g/mol. The van der Waals surface area contributed by atoms with Gasteiger partial charge in [-0.25, -0.2) is 9.78 Å². The molecule has 4 aromatic rings. The molecule has 14 heteroatoms. The number of ether oxygens (including phenoxy) is 2. The number of hydrogen-bond acceptors (Lipinski definition) is 8. The molecule has 0 aliphatic carbocycles. The Morgan fingerprint density at radius 2 is 1.85 bits per heavy atom. The maximum Gasteiger partial charge on any atom is 0.490 e. The van der Waals surface area contributed by atoms with Crippen LogP contribution in [0.3, 0.4) is 0 Å². The minimum atomic E-state index is -5.08. The number of likely N-dealkylation sites (tertiary alicyclic amines) is 1. The van der Waals surface area contributed by atoms with Crippen molar-refractivity contribution in [2.45, 2.75) is 50.2 Å². The molecule has 0 saturated carbocycles. The number of imidazole rings is 1. The van der Waals surface area contributed by atoms with Gasteiger partial charge in [0.1, 0.15) is 22.8 Å². The fraction of sp³-hybridized carbons (Fsp3) is 0.375. The van der Waals surface area contributed by atoms with Gasteiger partial charge in [0.05, 0.1) is 24.9 Å². The molecule has 6 rings (SSSR count). The summed E-state index contributed by atoms with van der Waals surface area (Å²) in [4.78, 5) is 33.5. The van der Waals surface area contributed by atoms with Crippen molar-refractivity contribution in [3.63, 3.8) is 0 Å². The normalized spacial score (nSPS) is 20.1. The lowest BCUT2D eigenvalue weighted by molar-refractivity contribution is -0.192. The van der Waals surface area contributed by atoms with Crippen LogP contribution in [0, 0.1) is 0 Å². The van der Waals surface area contributed by atoms with E-state index in [2.05, 4.69) is 22.4 Å². The van der Waals surface area contributed by atoms with Crippen LogP contribution in [0.4, 0.5) is 13.2 Å². The third kappa shape index (κ3) is 6.55. The van der Waals surface area contributed by atoms with Crippen molar-refractivity contribution in [3.8, 4) is 17.0 Å². The lowest BCUT2D eigenvalue weighted by Crippen LogP contribution is -2.65. The monoisotopic (exact) mass is 641 g/mol. The Balaban J connectivity index is 0.000000537. The van der Waals surface area contributed by atoms with Gasteiger partial charge >= 0.3 is 12.1 Å². The molecule has 1 saturated heterocycles. The van der Waals surface area contributed by atoms with Crippen molar-refractivity contribution in [2.24, 2.45) is 0 Å². The number of nitrogens with one attached hydrogen (secondary N) is 1. The summed E-state index contributed by atoms with van der Waals surface area (Å²) in [6.07, 6.45) is 0.750. The molecule has 0 radical (unpaired) electrons. The number of aliphatic hydroxyl groups is 1. The fourth-order valence-corrected chi connectivity index (χ4v) is 5.87. The SMILES string of the molecule is COc1cccnc1-c1cc([C@@H](C)OC)c2nc(C(=O)N3CC[C@]4(Cc5ccccc5CN4)[C@H](O)C3)cn2c1.O=C(O)C(F)(F)F. The van der Waals surface area contributed by atoms with E-state index in [1.54, 1.807) is 31.5 Å². The van der Waals surface area contributed by atoms with Crippen LogP contribution < -0.4 is 10.1 Å². The first kappa shape index (κ1) is 32.9. The van der Waals surface area contributed by atoms with Gasteiger partial charge in [-0.2, -0.15) is 13.2 Å². The smallest absolute Gasteiger partial charge is 0.490 e. The van der Waals surface area contributed by atoms with Crippen LogP contribution in [0.25, 0.3) is 16.9 Å². The zero-order valence-electron chi connectivity index (χ0n) is 25.4. The number of hydrogen-bond donors (Lipinski definition) is 3. The summed E-state index contributed by atoms with van der Waals surface area (Å²) in [6.45, 7) is 3.45. The van der Waals surface area contributed by atoms with Gasteiger partial charge in [0, 0.05) is 56.5 Å². The van der Waals surface area contributed by atoms with E-state index in [0.717, 1.165) is 24.1 Å². The number of carbonyl (C=O) groups is 2. The molecule has 1 aromatic carbocycles. The molecule has 11 nitrogen and oxygen atoms in total. The molecule has 5 heterocycles. The number of aromatic nitrogens is 3. The molecule has 1 fully saturated rings. The van der Waals surface area contributed by atoms with E-state index in [1.165, 1.54) is 11.1 Å². The van der Waals surface area contributed by atoms with Crippen molar-refractivity contribution in [1.29, 1.82) is 0 Å². The molecule has 0 bridgehead atoms. The van der Waals surface area contributed by atoms with Gasteiger partial charge in [-0.1, -0.05) is 24.3 Å². The highest BCUT2D eigenvalue weighted by Gasteiger charge is 2.45. The van der Waals surface area contributed by atoms with Gasteiger partial charge in [-0.15, -0.1) is 0 Å². The summed E-state index contributed by atoms with van der Waals surface area (Å²) in [6, 6.07) is 14.0. The Bertz CT molecular complexity index is 1740. The summed E-state index contributed by atoms with van der Waals surface area (Å²) in [5.74, 6) is -2.30. The van der Waals surface area contributed by atoms with Gasteiger partial charge in [0.25, 0.3) is 5.91 Å².